The van der Waals surface area contributed by atoms with Gasteiger partial charge in [-0.15, -0.1) is 0 Å². The number of aliphatic hydroxyl groups is 1. The standard InChI is InChI=1S/C12H16N2O3S/c1-14(2)18(16,17)13-10-12-7-5-11(6-8-12)4-3-9-15/h5-8,13,15H,9-10H2,1-2H3. The van der Waals surface area contributed by atoms with Crippen LogP contribution in [0.4, 0.5) is 0 Å². The molecule has 0 saturated heterocycles. The first-order valence-electron chi connectivity index (χ1n) is 5.31. The Labute approximate surface area is 108 Å². The van der Waals surface area contributed by atoms with Gasteiger partial charge < -0.3 is 5.11 Å². The van der Waals surface area contributed by atoms with Crippen LogP contribution in [-0.2, 0) is 16.8 Å². The molecule has 0 amide bonds. The van der Waals surface area contributed by atoms with E-state index < -0.39 is 10.2 Å². The largest absolute Gasteiger partial charge is 0.384 e. The quantitative estimate of drug-likeness (QED) is 0.751. The fourth-order valence-corrected chi connectivity index (χ4v) is 1.76. The molecule has 98 valence electrons. The molecule has 5 nitrogen and oxygen atoms in total. The van der Waals surface area contributed by atoms with E-state index in [0.717, 1.165) is 15.4 Å². The third kappa shape index (κ3) is 4.47. The third-order valence-electron chi connectivity index (χ3n) is 2.21. The molecule has 0 saturated carbocycles. The molecule has 0 atom stereocenters. The van der Waals surface area contributed by atoms with Crippen LogP contribution in [0.3, 0.4) is 0 Å². The zero-order valence-electron chi connectivity index (χ0n) is 10.3. The summed E-state index contributed by atoms with van der Waals surface area (Å²) in [6.07, 6.45) is 0. The summed E-state index contributed by atoms with van der Waals surface area (Å²) in [5.41, 5.74) is 1.62. The van der Waals surface area contributed by atoms with Crippen LogP contribution in [0.25, 0.3) is 0 Å². The summed E-state index contributed by atoms with van der Waals surface area (Å²) in [5, 5.41) is 8.55. The Morgan fingerprint density at radius 1 is 1.28 bits per heavy atom. The van der Waals surface area contributed by atoms with E-state index in [9.17, 15) is 8.42 Å². The predicted octanol–water partition coefficient (Wildman–Crippen LogP) is -0.0736. The summed E-state index contributed by atoms with van der Waals surface area (Å²) in [5.74, 6) is 5.31. The van der Waals surface area contributed by atoms with Crippen molar-refractivity contribution in [2.24, 2.45) is 0 Å². The van der Waals surface area contributed by atoms with Crippen LogP contribution < -0.4 is 4.72 Å². The minimum absolute atomic E-state index is 0.176. The van der Waals surface area contributed by atoms with Gasteiger partial charge in [-0.3, -0.25) is 0 Å². The number of nitrogens with zero attached hydrogens (tertiary/aromatic N) is 1. The van der Waals surface area contributed by atoms with Crippen molar-refractivity contribution in [3.8, 4) is 11.8 Å². The van der Waals surface area contributed by atoms with Crippen molar-refractivity contribution >= 4 is 10.2 Å². The second-order valence-corrected chi connectivity index (χ2v) is 5.73. The highest BCUT2D eigenvalue weighted by atomic mass is 32.2. The van der Waals surface area contributed by atoms with Gasteiger partial charge in [0.25, 0.3) is 10.2 Å². The highest BCUT2D eigenvalue weighted by Crippen LogP contribution is 2.04. The molecule has 0 aliphatic carbocycles. The van der Waals surface area contributed by atoms with E-state index in [1.807, 2.05) is 0 Å². The molecule has 0 aliphatic rings. The van der Waals surface area contributed by atoms with Crippen LogP contribution in [-0.4, -0.2) is 38.5 Å². The fraction of sp³-hybridized carbons (Fsp3) is 0.333. The van der Waals surface area contributed by atoms with Crippen molar-refractivity contribution in [3.63, 3.8) is 0 Å². The number of nitrogens with one attached hydrogen (secondary N) is 1. The van der Waals surface area contributed by atoms with Crippen LogP contribution in [0, 0.1) is 11.8 Å². The second kappa shape index (κ2) is 6.52. The first kappa shape index (κ1) is 14.7. The number of aliphatic hydroxyl groups excluding tert-OH is 1. The monoisotopic (exact) mass is 268 g/mol. The van der Waals surface area contributed by atoms with Gasteiger partial charge in [-0.2, -0.15) is 17.4 Å². The smallest absolute Gasteiger partial charge is 0.279 e. The Hall–Kier alpha value is -1.39. The van der Waals surface area contributed by atoms with Crippen molar-refractivity contribution in [1.29, 1.82) is 0 Å². The SMILES string of the molecule is CN(C)S(=O)(=O)NCc1ccc(C#CCO)cc1. The molecule has 1 rings (SSSR count). The highest BCUT2D eigenvalue weighted by molar-refractivity contribution is 7.87. The molecule has 2 N–H and O–H groups in total. The number of rotatable bonds is 4. The van der Waals surface area contributed by atoms with E-state index in [2.05, 4.69) is 16.6 Å². The summed E-state index contributed by atoms with van der Waals surface area (Å²) < 4.78 is 26.5. The average Bonchev–Trinajstić information content (AvgIpc) is 2.35. The highest BCUT2D eigenvalue weighted by Gasteiger charge is 2.11. The first-order chi connectivity index (χ1) is 8.45. The van der Waals surface area contributed by atoms with Crippen molar-refractivity contribution < 1.29 is 13.5 Å². The summed E-state index contributed by atoms with van der Waals surface area (Å²) in [7, 11) is -0.462. The molecule has 0 aromatic heterocycles. The molecule has 1 aromatic carbocycles. The Kier molecular flexibility index (Phi) is 5.31. The maximum Gasteiger partial charge on any atom is 0.279 e. The zero-order chi connectivity index (χ0) is 13.6. The third-order valence-corrected chi connectivity index (χ3v) is 3.68. The summed E-state index contributed by atoms with van der Waals surface area (Å²) in [6, 6.07) is 7.14. The first-order valence-corrected chi connectivity index (χ1v) is 6.75. The molecule has 0 fully saturated rings. The van der Waals surface area contributed by atoms with E-state index in [1.54, 1.807) is 24.3 Å². The molecular weight excluding hydrogens is 252 g/mol. The lowest BCUT2D eigenvalue weighted by Gasteiger charge is -2.12. The van der Waals surface area contributed by atoms with E-state index >= 15 is 0 Å². The van der Waals surface area contributed by atoms with E-state index in [-0.39, 0.29) is 13.2 Å². The van der Waals surface area contributed by atoms with Crippen molar-refractivity contribution in [1.82, 2.24) is 9.03 Å². The van der Waals surface area contributed by atoms with Gasteiger partial charge in [-0.25, -0.2) is 0 Å². The van der Waals surface area contributed by atoms with Crippen LogP contribution in [0.2, 0.25) is 0 Å². The predicted molar refractivity (Wildman–Crippen MR) is 69.9 cm³/mol. The van der Waals surface area contributed by atoms with Crippen LogP contribution in [0.5, 0.6) is 0 Å². The van der Waals surface area contributed by atoms with Gasteiger partial charge >= 0.3 is 0 Å². The Bertz CT molecular complexity index is 539. The summed E-state index contributed by atoms with van der Waals surface area (Å²) in [6.45, 7) is 0.0542. The van der Waals surface area contributed by atoms with Crippen molar-refractivity contribution in [2.45, 2.75) is 6.54 Å². The van der Waals surface area contributed by atoms with Crippen LogP contribution in [0.1, 0.15) is 11.1 Å². The van der Waals surface area contributed by atoms with Gasteiger partial charge in [-0.1, -0.05) is 24.0 Å². The Balaban J connectivity index is 2.65. The van der Waals surface area contributed by atoms with E-state index in [4.69, 9.17) is 5.11 Å². The molecular formula is C12H16N2O3S. The van der Waals surface area contributed by atoms with Gasteiger partial charge in [0.05, 0.1) is 0 Å². The topological polar surface area (TPSA) is 69.6 Å². The molecule has 1 aromatic rings. The molecule has 0 unspecified atom stereocenters. The minimum Gasteiger partial charge on any atom is -0.384 e. The minimum atomic E-state index is -3.40. The van der Waals surface area contributed by atoms with Gasteiger partial charge in [-0.05, 0) is 17.7 Å². The van der Waals surface area contributed by atoms with E-state index in [1.165, 1.54) is 14.1 Å². The average molecular weight is 268 g/mol. The van der Waals surface area contributed by atoms with Crippen molar-refractivity contribution in [3.05, 3.63) is 35.4 Å². The van der Waals surface area contributed by atoms with Gasteiger partial charge in [0.1, 0.15) is 6.61 Å². The van der Waals surface area contributed by atoms with Gasteiger partial charge in [0.2, 0.25) is 0 Å². The molecule has 0 spiro atoms. The molecule has 0 heterocycles. The van der Waals surface area contributed by atoms with Crippen LogP contribution >= 0.6 is 0 Å². The summed E-state index contributed by atoms with van der Waals surface area (Å²) >= 11 is 0. The maximum absolute atomic E-state index is 11.5. The molecule has 0 bridgehead atoms. The van der Waals surface area contributed by atoms with Gasteiger partial charge in [0.15, 0.2) is 0 Å². The lowest BCUT2D eigenvalue weighted by molar-refractivity contribution is 0.350. The second-order valence-electron chi connectivity index (χ2n) is 3.77. The fourth-order valence-electron chi connectivity index (χ4n) is 1.15. The Morgan fingerprint density at radius 2 is 1.89 bits per heavy atom. The summed E-state index contributed by atoms with van der Waals surface area (Å²) in [4.78, 5) is 0. The van der Waals surface area contributed by atoms with Crippen LogP contribution in [0.15, 0.2) is 24.3 Å². The number of hydrogen-bond acceptors (Lipinski definition) is 3. The molecule has 0 aliphatic heterocycles. The lowest BCUT2D eigenvalue weighted by atomic mass is 10.1. The molecule has 6 heteroatoms. The zero-order valence-corrected chi connectivity index (χ0v) is 11.2. The normalized spacial score (nSPS) is 11.1. The lowest BCUT2D eigenvalue weighted by Crippen LogP contribution is -2.35. The molecule has 18 heavy (non-hydrogen) atoms. The van der Waals surface area contributed by atoms with E-state index in [0.29, 0.717) is 0 Å². The maximum atomic E-state index is 11.5. The van der Waals surface area contributed by atoms with Crippen molar-refractivity contribution in [2.75, 3.05) is 20.7 Å². The number of benzene rings is 1. The molecule has 0 radical (unpaired) electrons. The Morgan fingerprint density at radius 3 is 2.39 bits per heavy atom. The number of hydrogen-bond donors (Lipinski definition) is 2. The van der Waals surface area contributed by atoms with Gasteiger partial charge in [0, 0.05) is 26.2 Å².